The van der Waals surface area contributed by atoms with Crippen LogP contribution in [0, 0.1) is 29.1 Å². The van der Waals surface area contributed by atoms with Gasteiger partial charge in [-0.25, -0.2) is 17.5 Å². The van der Waals surface area contributed by atoms with Gasteiger partial charge in [0.2, 0.25) is 27.6 Å². The van der Waals surface area contributed by atoms with E-state index in [4.69, 9.17) is 0 Å². The molecular formula is C40H58N6O7S. The Morgan fingerprint density at radius 3 is 2.17 bits per heavy atom. The quantitative estimate of drug-likeness (QED) is 0.148. The molecule has 6 atom stereocenters. The Kier molecular flexibility index (Phi) is 11.9. The van der Waals surface area contributed by atoms with Gasteiger partial charge in [-0.3, -0.25) is 19.2 Å². The number of hydrogen-bond donors (Lipinski definition) is 4. The van der Waals surface area contributed by atoms with Crippen LogP contribution < -0.4 is 21.3 Å². The molecule has 3 aliphatic carbocycles. The molecule has 1 aromatic carbocycles. The lowest BCUT2D eigenvalue weighted by Crippen LogP contribution is -2.61. The van der Waals surface area contributed by atoms with E-state index in [1.165, 1.54) is 17.4 Å². The molecule has 296 valence electrons. The molecule has 1 heterocycles. The number of ketones is 1. The summed E-state index contributed by atoms with van der Waals surface area (Å²) in [4.78, 5) is 70.5. The number of hydrogen-bond acceptors (Lipinski definition) is 7. The highest BCUT2D eigenvalue weighted by atomic mass is 32.2. The van der Waals surface area contributed by atoms with Crippen LogP contribution in [-0.4, -0.2) is 103 Å². The van der Waals surface area contributed by atoms with Crippen LogP contribution in [-0.2, 0) is 42.0 Å². The molecule has 14 heteroatoms. The van der Waals surface area contributed by atoms with Gasteiger partial charge >= 0.3 is 6.03 Å². The van der Waals surface area contributed by atoms with E-state index in [1.54, 1.807) is 32.6 Å². The highest BCUT2D eigenvalue weighted by Crippen LogP contribution is 2.65. The summed E-state index contributed by atoms with van der Waals surface area (Å²) in [6.07, 6.45) is 4.69. The first-order valence-electron chi connectivity index (χ1n) is 19.0. The molecule has 13 nitrogen and oxygen atoms in total. The lowest BCUT2D eigenvalue weighted by molar-refractivity contribution is -0.144. The fourth-order valence-corrected chi connectivity index (χ4v) is 9.56. The van der Waals surface area contributed by atoms with Crippen LogP contribution in [0.2, 0.25) is 0 Å². The number of benzene rings is 1. The average Bonchev–Trinajstić information content (AvgIpc) is 3.85. The molecule has 0 spiro atoms. The smallest absolute Gasteiger partial charge is 0.315 e. The SMILES string of the molecule is C=CCNC(=O)C(=O)C(CC1CC1)NC(=O)[C@@H]1[C@@H]2[C@H](CN1C(=O)[C@@H](NC(=O)N[C@H](CN(C)S(=O)(=O)C(C)(C)C)C(=C)C)C1Cc3ccccc3C1)C2(C)C. The predicted molar refractivity (Wildman–Crippen MR) is 206 cm³/mol. The van der Waals surface area contributed by atoms with Crippen molar-refractivity contribution >= 4 is 39.6 Å². The second kappa shape index (κ2) is 15.6. The third-order valence-corrected chi connectivity index (χ3v) is 14.4. The van der Waals surface area contributed by atoms with Gasteiger partial charge in [0.25, 0.3) is 5.91 Å². The number of likely N-dealkylation sites (N-methyl/N-ethyl adjacent to an activating group) is 1. The van der Waals surface area contributed by atoms with Gasteiger partial charge in [0.05, 0.1) is 16.8 Å². The molecule has 0 aromatic heterocycles. The van der Waals surface area contributed by atoms with Gasteiger partial charge in [-0.2, -0.15) is 0 Å². The van der Waals surface area contributed by atoms with E-state index < -0.39 is 68.5 Å². The minimum absolute atomic E-state index is 0.0361. The fourth-order valence-electron chi connectivity index (χ4n) is 8.28. The second-order valence-electron chi connectivity index (χ2n) is 17.3. The Hall–Kier alpha value is -4.04. The number of amides is 5. The van der Waals surface area contributed by atoms with Gasteiger partial charge in [0.15, 0.2) is 0 Å². The fraction of sp³-hybridized carbons (Fsp3) is 0.625. The number of carbonyl (C=O) groups excluding carboxylic acids is 5. The van der Waals surface area contributed by atoms with Gasteiger partial charge in [0, 0.05) is 26.7 Å². The Labute approximate surface area is 320 Å². The van der Waals surface area contributed by atoms with E-state index >= 15 is 0 Å². The first-order chi connectivity index (χ1) is 25.2. The third-order valence-electron chi connectivity index (χ3n) is 11.9. The van der Waals surface area contributed by atoms with Crippen LogP contribution in [0.1, 0.15) is 71.9 Å². The van der Waals surface area contributed by atoms with Crippen molar-refractivity contribution in [2.24, 2.45) is 29.1 Å². The standard InChI is InChI=1S/C40H58N6O7S/c1-10-17-41-36(49)34(47)29(18-24-15-16-24)42-35(48)33-31-28(40(31,7)8)21-46(33)37(50)32(27-19-25-13-11-12-14-26(25)20-27)44-38(51)43-30(23(2)3)22-45(9)54(52,53)39(4,5)6/h10-14,24,27-33H,1-2,15-22H2,3-9H3,(H,41,49)(H,42,48)(H2,43,44,51)/t28-,29?,30+,31-,32-,33-/m0/s1. The normalized spacial score (nSPS) is 23.3. The number of nitrogens with zero attached hydrogens (tertiary/aromatic N) is 2. The molecule has 54 heavy (non-hydrogen) atoms. The van der Waals surface area contributed by atoms with Crippen LogP contribution in [0.15, 0.2) is 49.1 Å². The summed E-state index contributed by atoms with van der Waals surface area (Å²) in [7, 11) is -2.25. The lowest BCUT2D eigenvalue weighted by atomic mass is 9.93. The summed E-state index contributed by atoms with van der Waals surface area (Å²) in [6, 6.07) is 3.50. The summed E-state index contributed by atoms with van der Waals surface area (Å²) < 4.78 is 26.4. The molecule has 1 unspecified atom stereocenters. The van der Waals surface area contributed by atoms with Crippen molar-refractivity contribution in [1.29, 1.82) is 0 Å². The van der Waals surface area contributed by atoms with E-state index in [-0.39, 0.29) is 42.2 Å². The molecule has 5 amide bonds. The number of Topliss-reactive ketones (excluding diaryl/α,β-unsaturated/α-hetero) is 1. The van der Waals surface area contributed by atoms with Crippen molar-refractivity contribution in [3.05, 3.63) is 60.2 Å². The molecule has 2 saturated carbocycles. The molecule has 3 fully saturated rings. The van der Waals surface area contributed by atoms with Crippen molar-refractivity contribution in [2.45, 2.75) is 103 Å². The maximum atomic E-state index is 14.8. The highest BCUT2D eigenvalue weighted by molar-refractivity contribution is 7.90. The molecule has 1 aliphatic heterocycles. The lowest BCUT2D eigenvalue weighted by Gasteiger charge is -2.36. The number of sulfonamides is 1. The Balaban J connectivity index is 1.39. The first-order valence-corrected chi connectivity index (χ1v) is 20.4. The summed E-state index contributed by atoms with van der Waals surface area (Å²) in [5.74, 6) is -2.64. The minimum Gasteiger partial charge on any atom is -0.346 e. The van der Waals surface area contributed by atoms with Crippen molar-refractivity contribution in [3.63, 3.8) is 0 Å². The zero-order chi connectivity index (χ0) is 39.9. The Morgan fingerprint density at radius 2 is 1.63 bits per heavy atom. The van der Waals surface area contributed by atoms with E-state index in [2.05, 4.69) is 48.3 Å². The zero-order valence-electron chi connectivity index (χ0n) is 32.7. The topological polar surface area (TPSA) is 174 Å². The monoisotopic (exact) mass is 766 g/mol. The number of rotatable bonds is 16. The van der Waals surface area contributed by atoms with Gasteiger partial charge in [0.1, 0.15) is 12.1 Å². The maximum absolute atomic E-state index is 14.8. The molecule has 0 bridgehead atoms. The van der Waals surface area contributed by atoms with Gasteiger partial charge in [-0.1, -0.05) is 69.2 Å². The maximum Gasteiger partial charge on any atom is 0.315 e. The van der Waals surface area contributed by atoms with Crippen molar-refractivity contribution in [1.82, 2.24) is 30.5 Å². The highest BCUT2D eigenvalue weighted by Gasteiger charge is 2.70. The molecule has 5 rings (SSSR count). The number of likely N-dealkylation sites (tertiary alicyclic amines) is 1. The number of piperidine rings is 1. The van der Waals surface area contributed by atoms with E-state index in [0.29, 0.717) is 31.4 Å². The molecular weight excluding hydrogens is 709 g/mol. The number of fused-ring (bicyclic) bond motifs is 2. The number of carbonyl (C=O) groups is 5. The van der Waals surface area contributed by atoms with Crippen LogP contribution in [0.5, 0.6) is 0 Å². The van der Waals surface area contributed by atoms with E-state index in [0.717, 1.165) is 24.0 Å². The summed E-state index contributed by atoms with van der Waals surface area (Å²) in [6.45, 7) is 18.6. The van der Waals surface area contributed by atoms with Crippen LogP contribution in [0.3, 0.4) is 0 Å². The Bertz CT molecular complexity index is 1770. The van der Waals surface area contributed by atoms with E-state index in [9.17, 15) is 32.4 Å². The first kappa shape index (κ1) is 41.1. The van der Waals surface area contributed by atoms with Gasteiger partial charge in [-0.15, -0.1) is 6.58 Å². The van der Waals surface area contributed by atoms with Gasteiger partial charge < -0.3 is 26.2 Å². The van der Waals surface area contributed by atoms with Crippen LogP contribution in [0.4, 0.5) is 4.79 Å². The van der Waals surface area contributed by atoms with Gasteiger partial charge in [-0.05, 0) is 87.2 Å². The van der Waals surface area contributed by atoms with Crippen LogP contribution >= 0.6 is 0 Å². The molecule has 4 N–H and O–H groups in total. The van der Waals surface area contributed by atoms with Crippen molar-refractivity contribution < 1.29 is 32.4 Å². The summed E-state index contributed by atoms with van der Waals surface area (Å²) >= 11 is 0. The predicted octanol–water partition coefficient (Wildman–Crippen LogP) is 2.71. The average molecular weight is 767 g/mol. The van der Waals surface area contributed by atoms with E-state index in [1.807, 2.05) is 24.3 Å². The van der Waals surface area contributed by atoms with Crippen LogP contribution in [0.25, 0.3) is 0 Å². The molecule has 0 radical (unpaired) electrons. The second-order valence-corrected chi connectivity index (χ2v) is 20.1. The summed E-state index contributed by atoms with van der Waals surface area (Å²) in [5.41, 5.74) is 2.46. The molecule has 1 saturated heterocycles. The largest absolute Gasteiger partial charge is 0.346 e. The minimum atomic E-state index is -3.71. The number of nitrogens with one attached hydrogen (secondary N) is 4. The Morgan fingerprint density at radius 1 is 1.02 bits per heavy atom. The third kappa shape index (κ3) is 8.59. The number of urea groups is 1. The summed E-state index contributed by atoms with van der Waals surface area (Å²) in [5, 5.41) is 11.2. The van der Waals surface area contributed by atoms with Crippen molar-refractivity contribution in [2.75, 3.05) is 26.7 Å². The molecule has 1 aromatic rings. The van der Waals surface area contributed by atoms with Crippen molar-refractivity contribution in [3.8, 4) is 0 Å². The zero-order valence-corrected chi connectivity index (χ0v) is 33.6. The molecule has 4 aliphatic rings.